The zero-order valence-corrected chi connectivity index (χ0v) is 21.4. The number of nitrogens with one attached hydrogen (secondary N) is 1. The maximum absolute atomic E-state index is 13.5. The minimum absolute atomic E-state index is 0.113. The maximum atomic E-state index is 13.5. The van der Waals surface area contributed by atoms with Crippen molar-refractivity contribution in [3.8, 4) is 5.75 Å². The van der Waals surface area contributed by atoms with Crippen molar-refractivity contribution in [2.45, 2.75) is 56.9 Å². The minimum Gasteiger partial charge on any atom is -0.461 e. The van der Waals surface area contributed by atoms with Gasteiger partial charge in [-0.2, -0.15) is 0 Å². The van der Waals surface area contributed by atoms with E-state index in [2.05, 4.69) is 5.32 Å². The second-order valence-corrected chi connectivity index (χ2v) is 11.4. The van der Waals surface area contributed by atoms with E-state index >= 15 is 0 Å². The van der Waals surface area contributed by atoms with Gasteiger partial charge in [0.15, 0.2) is 0 Å². The average Bonchev–Trinajstić information content (AvgIpc) is 3.51. The fraction of sp³-hybridized carbons (Fsp3) is 0.520. The Morgan fingerprint density at radius 3 is 2.80 bits per heavy atom. The van der Waals surface area contributed by atoms with Crippen LogP contribution in [0.4, 0.5) is 0 Å². The lowest BCUT2D eigenvalue weighted by Crippen LogP contribution is -2.64. The fourth-order valence-corrected chi connectivity index (χ4v) is 7.41. The maximum Gasteiger partial charge on any atom is 0.361 e. The second-order valence-electron chi connectivity index (χ2n) is 9.55. The summed E-state index contributed by atoms with van der Waals surface area (Å²) in [4.78, 5) is 41.7. The van der Waals surface area contributed by atoms with Gasteiger partial charge in [0.2, 0.25) is 5.91 Å². The van der Waals surface area contributed by atoms with Crippen molar-refractivity contribution in [2.75, 3.05) is 13.1 Å². The normalized spacial score (nSPS) is 27.8. The van der Waals surface area contributed by atoms with E-state index in [1.165, 1.54) is 11.1 Å². The van der Waals surface area contributed by atoms with Crippen molar-refractivity contribution in [3.05, 3.63) is 39.9 Å². The number of ether oxygens (including phenoxy) is 2. The van der Waals surface area contributed by atoms with E-state index in [-0.39, 0.29) is 29.7 Å². The number of aryl methyl sites for hydroxylation is 2. The van der Waals surface area contributed by atoms with Crippen LogP contribution in [0.15, 0.2) is 28.8 Å². The highest BCUT2D eigenvalue weighted by molar-refractivity contribution is 8.03. The smallest absolute Gasteiger partial charge is 0.361 e. The molecule has 8 nitrogen and oxygen atoms in total. The van der Waals surface area contributed by atoms with Gasteiger partial charge in [-0.15, -0.1) is 11.8 Å². The molecule has 3 heterocycles. The number of amides is 1. The Labute approximate surface area is 213 Å². The molecule has 0 aromatic heterocycles. The van der Waals surface area contributed by atoms with Gasteiger partial charge in [0.05, 0.1) is 23.5 Å². The van der Waals surface area contributed by atoms with Crippen LogP contribution in [0.1, 0.15) is 37.8 Å². The lowest BCUT2D eigenvalue weighted by molar-refractivity contribution is -0.171. The summed E-state index contributed by atoms with van der Waals surface area (Å²) < 4.78 is 11.2. The first-order chi connectivity index (χ1) is 16.8. The first-order valence-corrected chi connectivity index (χ1v) is 13.3. The van der Waals surface area contributed by atoms with Crippen LogP contribution in [0, 0.1) is 11.8 Å². The van der Waals surface area contributed by atoms with Gasteiger partial charge in [0.1, 0.15) is 17.6 Å². The number of rotatable bonds is 7. The molecule has 35 heavy (non-hydrogen) atoms. The monoisotopic (exact) mass is 515 g/mol. The van der Waals surface area contributed by atoms with Crippen LogP contribution in [0.2, 0.25) is 0 Å². The van der Waals surface area contributed by atoms with Crippen LogP contribution in [-0.4, -0.2) is 58.2 Å². The summed E-state index contributed by atoms with van der Waals surface area (Å²) >= 11 is 6.88. The Bertz CT molecular complexity index is 1140. The summed E-state index contributed by atoms with van der Waals surface area (Å²) in [5.74, 6) is -1.49. The number of nitrogens with zero attached hydrogens (tertiary/aromatic N) is 1. The zero-order valence-electron chi connectivity index (χ0n) is 19.7. The molecule has 0 unspecified atom stereocenters. The Morgan fingerprint density at radius 2 is 2.09 bits per heavy atom. The molecule has 3 aliphatic heterocycles. The molecule has 0 radical (unpaired) electrons. The summed E-state index contributed by atoms with van der Waals surface area (Å²) in [6.07, 6.45) is 3.20. The molecule has 5 rings (SSSR count). The predicted molar refractivity (Wildman–Crippen MR) is 136 cm³/mol. The topological polar surface area (TPSA) is 111 Å². The number of β-lactam (4-membered cyclic amide) rings is 1. The Hall–Kier alpha value is -2.43. The molecular weight excluding hydrogens is 486 g/mol. The van der Waals surface area contributed by atoms with Crippen molar-refractivity contribution in [1.29, 1.82) is 0 Å². The molecule has 1 aromatic rings. The molecule has 5 atom stereocenters. The molecule has 1 amide bonds. The van der Waals surface area contributed by atoms with Crippen molar-refractivity contribution < 1.29 is 23.9 Å². The van der Waals surface area contributed by atoms with Crippen LogP contribution < -0.4 is 15.8 Å². The zero-order chi connectivity index (χ0) is 24.9. The summed E-state index contributed by atoms with van der Waals surface area (Å²) in [5, 5.41) is 3.36. The number of carbonyl (C=O) groups excluding carboxylic acids is 3. The van der Waals surface area contributed by atoms with Gasteiger partial charge in [-0.25, -0.2) is 4.79 Å². The van der Waals surface area contributed by atoms with Gasteiger partial charge < -0.3 is 25.4 Å². The van der Waals surface area contributed by atoms with E-state index in [1.54, 1.807) is 23.6 Å². The Morgan fingerprint density at radius 1 is 1.31 bits per heavy atom. The number of hydrogen-bond acceptors (Lipinski definition) is 8. The van der Waals surface area contributed by atoms with E-state index in [0.717, 1.165) is 35.6 Å². The predicted octanol–water partition coefficient (Wildman–Crippen LogP) is 2.08. The van der Waals surface area contributed by atoms with Crippen LogP contribution >= 0.6 is 24.0 Å². The molecule has 2 fully saturated rings. The van der Waals surface area contributed by atoms with Gasteiger partial charge in [0.25, 0.3) is 0 Å². The van der Waals surface area contributed by atoms with E-state index in [1.807, 2.05) is 25.1 Å². The molecule has 1 aliphatic carbocycles. The SMILES string of the molecule is C[C@@H](OC(=O)CN)[C@H]1C(=O)N2C(C(=O)Oc3ccc4c(c3)CCC4)=C(S[C@H]3CNC(=S)C3)[C@H](C)[C@H]12. The molecule has 2 saturated heterocycles. The third kappa shape index (κ3) is 4.36. The summed E-state index contributed by atoms with van der Waals surface area (Å²) in [6.45, 7) is 4.17. The van der Waals surface area contributed by atoms with Crippen LogP contribution in [-0.2, 0) is 32.0 Å². The third-order valence-corrected chi connectivity index (χ3v) is 9.08. The van der Waals surface area contributed by atoms with Crippen LogP contribution in [0.5, 0.6) is 5.75 Å². The molecule has 10 heteroatoms. The average molecular weight is 516 g/mol. The van der Waals surface area contributed by atoms with Crippen molar-refractivity contribution in [2.24, 2.45) is 17.6 Å². The van der Waals surface area contributed by atoms with E-state index in [0.29, 0.717) is 18.0 Å². The van der Waals surface area contributed by atoms with Crippen molar-refractivity contribution in [3.63, 3.8) is 0 Å². The van der Waals surface area contributed by atoms with Crippen LogP contribution in [0.3, 0.4) is 0 Å². The summed E-state index contributed by atoms with van der Waals surface area (Å²) in [5.41, 5.74) is 8.18. The van der Waals surface area contributed by atoms with Crippen molar-refractivity contribution >= 4 is 46.8 Å². The van der Waals surface area contributed by atoms with Gasteiger partial charge >= 0.3 is 11.9 Å². The highest BCUT2D eigenvalue weighted by Gasteiger charge is 2.61. The lowest BCUT2D eigenvalue weighted by atomic mass is 9.79. The number of thiocarbonyl (C=S) groups is 1. The Balaban J connectivity index is 1.42. The second kappa shape index (κ2) is 9.55. The van der Waals surface area contributed by atoms with E-state index in [4.69, 9.17) is 27.4 Å². The quantitative estimate of drug-likeness (QED) is 0.244. The molecule has 1 aromatic carbocycles. The largest absolute Gasteiger partial charge is 0.461 e. The van der Waals surface area contributed by atoms with Gasteiger partial charge in [0, 0.05) is 29.0 Å². The van der Waals surface area contributed by atoms with Gasteiger partial charge in [-0.05, 0) is 49.4 Å². The lowest BCUT2D eigenvalue weighted by Gasteiger charge is -2.47. The fourth-order valence-electron chi connectivity index (χ4n) is 5.59. The molecule has 0 spiro atoms. The highest BCUT2D eigenvalue weighted by Crippen LogP contribution is 2.52. The first kappa shape index (κ1) is 24.3. The molecule has 3 N–H and O–H groups in total. The summed E-state index contributed by atoms with van der Waals surface area (Å²) in [6, 6.07) is 5.48. The minimum atomic E-state index is -0.638. The molecule has 0 bridgehead atoms. The van der Waals surface area contributed by atoms with Gasteiger partial charge in [-0.3, -0.25) is 9.59 Å². The Kier molecular flexibility index (Phi) is 6.63. The third-order valence-electron chi connectivity index (χ3n) is 7.29. The first-order valence-electron chi connectivity index (χ1n) is 12.0. The van der Waals surface area contributed by atoms with Crippen LogP contribution in [0.25, 0.3) is 0 Å². The number of thioether (sulfide) groups is 1. The molecular formula is C25H29N3O5S2. The molecule has 0 saturated carbocycles. The standard InChI is InChI=1S/C25H29N3O5S2/c1-12-21-20(13(2)32-19(29)10-26)24(30)28(21)22(23(12)35-17-9-18(34)27-11-17)25(31)33-16-7-6-14-4-3-5-15(14)8-16/h6-8,12-13,17,20-21H,3-5,9-11,26H2,1-2H3,(H,27,34)/t12-,13-,17-,20-,21-/m1/s1. The van der Waals surface area contributed by atoms with Crippen molar-refractivity contribution in [1.82, 2.24) is 10.2 Å². The van der Waals surface area contributed by atoms with Gasteiger partial charge in [-0.1, -0.05) is 25.2 Å². The number of carbonyl (C=O) groups is 3. The summed E-state index contributed by atoms with van der Waals surface area (Å²) in [7, 11) is 0. The number of hydrogen-bond donors (Lipinski definition) is 2. The number of nitrogens with two attached hydrogens (primary N) is 1. The van der Waals surface area contributed by atoms with E-state index < -0.39 is 24.0 Å². The number of benzene rings is 1. The van der Waals surface area contributed by atoms with E-state index in [9.17, 15) is 14.4 Å². The molecule has 186 valence electrons. The number of esters is 2. The highest BCUT2D eigenvalue weighted by atomic mass is 32.2. The number of fused-ring (bicyclic) bond motifs is 2. The molecule has 4 aliphatic rings.